The minimum absolute atomic E-state index is 0.158. The molecule has 1 saturated carbocycles. The molecule has 0 bridgehead atoms. The molecule has 1 aromatic heterocycles. The quantitative estimate of drug-likeness (QED) is 0.843. The molecule has 1 aliphatic carbocycles. The van der Waals surface area contributed by atoms with Crippen molar-refractivity contribution in [1.29, 1.82) is 0 Å². The first-order valence-corrected chi connectivity index (χ1v) is 8.03. The molecule has 1 N–H and O–H groups in total. The summed E-state index contributed by atoms with van der Waals surface area (Å²) in [6.45, 7) is 3.71. The Morgan fingerprint density at radius 3 is 2.78 bits per heavy atom. The summed E-state index contributed by atoms with van der Waals surface area (Å²) in [6.07, 6.45) is 5.09. The fourth-order valence-electron chi connectivity index (χ4n) is 2.82. The minimum atomic E-state index is -0.860. The lowest BCUT2D eigenvalue weighted by atomic mass is 9.86. The molecule has 6 nitrogen and oxygen atoms in total. The van der Waals surface area contributed by atoms with E-state index in [1.807, 2.05) is 0 Å². The van der Waals surface area contributed by atoms with E-state index in [2.05, 4.69) is 17.2 Å². The molecule has 0 unspecified atom stereocenters. The Bertz CT molecular complexity index is 561. The predicted molar refractivity (Wildman–Crippen MR) is 85.2 cm³/mol. The van der Waals surface area contributed by atoms with Crippen LogP contribution in [0.15, 0.2) is 18.3 Å². The summed E-state index contributed by atoms with van der Waals surface area (Å²) in [5, 5.41) is 2.99. The molecule has 6 heteroatoms. The van der Waals surface area contributed by atoms with Gasteiger partial charge in [0.1, 0.15) is 5.56 Å². The molecule has 0 radical (unpaired) electrons. The molecular formula is C17H24N2O4. The van der Waals surface area contributed by atoms with Crippen LogP contribution >= 0.6 is 0 Å². The van der Waals surface area contributed by atoms with Crippen molar-refractivity contribution >= 4 is 11.9 Å². The second-order valence-electron chi connectivity index (χ2n) is 5.98. The molecule has 1 fully saturated rings. The third-order valence-corrected chi connectivity index (χ3v) is 4.28. The molecule has 0 saturated heterocycles. The van der Waals surface area contributed by atoms with Gasteiger partial charge in [0.05, 0.1) is 7.11 Å². The van der Waals surface area contributed by atoms with Crippen LogP contribution in [-0.2, 0) is 9.53 Å². The van der Waals surface area contributed by atoms with Crippen LogP contribution in [0.3, 0.4) is 0 Å². The molecule has 1 amide bonds. The van der Waals surface area contributed by atoms with Crippen LogP contribution < -0.4 is 10.1 Å². The van der Waals surface area contributed by atoms with E-state index in [9.17, 15) is 9.59 Å². The van der Waals surface area contributed by atoms with Gasteiger partial charge in [-0.1, -0.05) is 19.8 Å². The van der Waals surface area contributed by atoms with Gasteiger partial charge in [-0.25, -0.2) is 9.78 Å². The maximum absolute atomic E-state index is 12.2. The van der Waals surface area contributed by atoms with Gasteiger partial charge >= 0.3 is 5.97 Å². The summed E-state index contributed by atoms with van der Waals surface area (Å²) in [6, 6.07) is 3.33. The van der Waals surface area contributed by atoms with Gasteiger partial charge in [0, 0.05) is 12.2 Å². The number of hydrogen-bond donors (Lipinski definition) is 1. The standard InChI is InChI=1S/C17H24N2O4/c1-11-7-4-5-9-14(11)19-15(20)12(2)23-17(21)13-8-6-10-18-16(13)22-3/h6,8,10-12,14H,4-5,7,9H2,1-3H3,(H,19,20)/t11-,12+,14+/m0/s1. The summed E-state index contributed by atoms with van der Waals surface area (Å²) in [5.74, 6) is -0.241. The number of ether oxygens (including phenoxy) is 2. The highest BCUT2D eigenvalue weighted by Gasteiger charge is 2.27. The second-order valence-corrected chi connectivity index (χ2v) is 5.98. The largest absolute Gasteiger partial charge is 0.480 e. The number of methoxy groups -OCH3 is 1. The molecule has 1 aliphatic rings. The SMILES string of the molecule is COc1ncccc1C(=O)O[C@H](C)C(=O)N[C@@H]1CCCC[C@@H]1C. The molecular weight excluding hydrogens is 296 g/mol. The number of pyridine rings is 1. The lowest BCUT2D eigenvalue weighted by Crippen LogP contribution is -2.46. The van der Waals surface area contributed by atoms with Gasteiger partial charge in [-0.2, -0.15) is 0 Å². The summed E-state index contributed by atoms with van der Waals surface area (Å²) >= 11 is 0. The van der Waals surface area contributed by atoms with E-state index >= 15 is 0 Å². The summed E-state index contributed by atoms with van der Waals surface area (Å²) in [5.41, 5.74) is 0.209. The Morgan fingerprint density at radius 1 is 1.35 bits per heavy atom. The third kappa shape index (κ3) is 4.43. The molecule has 0 aliphatic heterocycles. The molecule has 23 heavy (non-hydrogen) atoms. The van der Waals surface area contributed by atoms with Crippen LogP contribution in [-0.4, -0.2) is 36.1 Å². The van der Waals surface area contributed by atoms with Gasteiger partial charge in [0.2, 0.25) is 5.88 Å². The van der Waals surface area contributed by atoms with Crippen molar-refractivity contribution in [3.05, 3.63) is 23.9 Å². The van der Waals surface area contributed by atoms with E-state index in [1.165, 1.54) is 19.7 Å². The number of rotatable bonds is 5. The van der Waals surface area contributed by atoms with Gasteiger partial charge < -0.3 is 14.8 Å². The van der Waals surface area contributed by atoms with Crippen molar-refractivity contribution in [3.8, 4) is 5.88 Å². The van der Waals surface area contributed by atoms with E-state index in [4.69, 9.17) is 9.47 Å². The molecule has 126 valence electrons. The Hall–Kier alpha value is -2.11. The van der Waals surface area contributed by atoms with E-state index in [0.29, 0.717) is 5.92 Å². The molecule has 1 heterocycles. The van der Waals surface area contributed by atoms with Gasteiger partial charge in [-0.15, -0.1) is 0 Å². The topological polar surface area (TPSA) is 77.5 Å². The number of amides is 1. The smallest absolute Gasteiger partial charge is 0.344 e. The lowest BCUT2D eigenvalue weighted by Gasteiger charge is -2.30. The highest BCUT2D eigenvalue weighted by atomic mass is 16.5. The number of nitrogens with zero attached hydrogens (tertiary/aromatic N) is 1. The van der Waals surface area contributed by atoms with E-state index in [-0.39, 0.29) is 23.4 Å². The minimum Gasteiger partial charge on any atom is -0.480 e. The van der Waals surface area contributed by atoms with E-state index < -0.39 is 12.1 Å². The Labute approximate surface area is 136 Å². The molecule has 0 aromatic carbocycles. The third-order valence-electron chi connectivity index (χ3n) is 4.28. The highest BCUT2D eigenvalue weighted by molar-refractivity contribution is 5.94. The molecule has 3 atom stereocenters. The van der Waals surface area contributed by atoms with Gasteiger partial charge in [0.15, 0.2) is 6.10 Å². The first-order chi connectivity index (χ1) is 11.0. The fraction of sp³-hybridized carbons (Fsp3) is 0.588. The average Bonchev–Trinajstić information content (AvgIpc) is 2.56. The van der Waals surface area contributed by atoms with Crippen LogP contribution in [0.2, 0.25) is 0 Å². The van der Waals surface area contributed by atoms with Gasteiger partial charge in [-0.05, 0) is 37.8 Å². The van der Waals surface area contributed by atoms with E-state index in [0.717, 1.165) is 19.3 Å². The van der Waals surface area contributed by atoms with Crippen LogP contribution in [0.25, 0.3) is 0 Å². The first kappa shape index (κ1) is 17.2. The Balaban J connectivity index is 1.93. The number of aromatic nitrogens is 1. The van der Waals surface area contributed by atoms with Gasteiger partial charge in [-0.3, -0.25) is 4.79 Å². The number of nitrogens with one attached hydrogen (secondary N) is 1. The van der Waals surface area contributed by atoms with Crippen molar-refractivity contribution in [3.63, 3.8) is 0 Å². The fourth-order valence-corrected chi connectivity index (χ4v) is 2.82. The summed E-state index contributed by atoms with van der Waals surface area (Å²) in [7, 11) is 1.43. The average molecular weight is 320 g/mol. The number of carbonyl (C=O) groups excluding carboxylic acids is 2. The summed E-state index contributed by atoms with van der Waals surface area (Å²) in [4.78, 5) is 28.4. The van der Waals surface area contributed by atoms with Crippen molar-refractivity contribution in [1.82, 2.24) is 10.3 Å². The van der Waals surface area contributed by atoms with Crippen LogP contribution in [0.4, 0.5) is 0 Å². The zero-order chi connectivity index (χ0) is 16.8. The highest BCUT2D eigenvalue weighted by Crippen LogP contribution is 2.24. The van der Waals surface area contributed by atoms with Crippen LogP contribution in [0.1, 0.15) is 49.9 Å². The number of hydrogen-bond acceptors (Lipinski definition) is 5. The van der Waals surface area contributed by atoms with E-state index in [1.54, 1.807) is 19.1 Å². The number of carbonyl (C=O) groups is 2. The van der Waals surface area contributed by atoms with Crippen LogP contribution in [0.5, 0.6) is 5.88 Å². The molecule has 0 spiro atoms. The molecule has 1 aromatic rings. The number of esters is 1. The van der Waals surface area contributed by atoms with Crippen molar-refractivity contribution in [2.24, 2.45) is 5.92 Å². The molecule has 2 rings (SSSR count). The predicted octanol–water partition coefficient (Wildman–Crippen LogP) is 2.33. The second kappa shape index (κ2) is 7.94. The lowest BCUT2D eigenvalue weighted by molar-refractivity contribution is -0.130. The van der Waals surface area contributed by atoms with Crippen molar-refractivity contribution < 1.29 is 19.1 Å². The zero-order valence-electron chi connectivity index (χ0n) is 13.9. The first-order valence-electron chi connectivity index (χ1n) is 8.03. The van der Waals surface area contributed by atoms with Crippen molar-refractivity contribution in [2.75, 3.05) is 7.11 Å². The Morgan fingerprint density at radius 2 is 2.09 bits per heavy atom. The maximum Gasteiger partial charge on any atom is 0.344 e. The summed E-state index contributed by atoms with van der Waals surface area (Å²) < 4.78 is 10.3. The normalized spacial score (nSPS) is 22.0. The Kier molecular flexibility index (Phi) is 5.96. The van der Waals surface area contributed by atoms with Crippen LogP contribution in [0, 0.1) is 5.92 Å². The van der Waals surface area contributed by atoms with Crippen molar-refractivity contribution in [2.45, 2.75) is 51.7 Å². The zero-order valence-corrected chi connectivity index (χ0v) is 13.9. The maximum atomic E-state index is 12.2. The monoisotopic (exact) mass is 320 g/mol. The van der Waals surface area contributed by atoms with Gasteiger partial charge in [0.25, 0.3) is 5.91 Å².